The monoisotopic (exact) mass is 473 g/mol. The fourth-order valence-electron chi connectivity index (χ4n) is 3.45. The van der Waals surface area contributed by atoms with Crippen molar-refractivity contribution in [2.45, 2.75) is 19.4 Å². The van der Waals surface area contributed by atoms with Gasteiger partial charge < -0.3 is 19.9 Å². The summed E-state index contributed by atoms with van der Waals surface area (Å²) in [4.78, 5) is 33.3. The Labute approximate surface area is 201 Å². The number of imidazole rings is 1. The second kappa shape index (κ2) is 10.6. The molecule has 4 aromatic rings. The number of benzene rings is 2. The van der Waals surface area contributed by atoms with Gasteiger partial charge in [0, 0.05) is 32.2 Å². The normalized spacial score (nSPS) is 11.5. The molecule has 2 aromatic carbocycles. The highest BCUT2D eigenvalue weighted by atomic mass is 19.1. The van der Waals surface area contributed by atoms with Gasteiger partial charge in [-0.05, 0) is 60.7 Å². The molecule has 0 radical (unpaired) electrons. The number of carbonyl (C=O) groups excluding carboxylic acids is 2. The molecule has 0 aliphatic carbocycles. The quantitative estimate of drug-likeness (QED) is 0.402. The van der Waals surface area contributed by atoms with Gasteiger partial charge in [0.2, 0.25) is 11.8 Å². The number of hydrogen-bond donors (Lipinski definition) is 2. The molecule has 35 heavy (non-hydrogen) atoms. The molecule has 0 bridgehead atoms. The lowest BCUT2D eigenvalue weighted by atomic mass is 10.1. The fraction of sp³-hybridized carbons (Fsp3) is 0.154. The Morgan fingerprint density at radius 2 is 1.71 bits per heavy atom. The van der Waals surface area contributed by atoms with Crippen LogP contribution in [0.1, 0.15) is 12.6 Å². The average molecular weight is 474 g/mol. The number of aryl methyl sites for hydroxylation is 1. The summed E-state index contributed by atoms with van der Waals surface area (Å²) >= 11 is 0. The van der Waals surface area contributed by atoms with E-state index in [1.54, 1.807) is 53.5 Å². The largest absolute Gasteiger partial charge is 0.457 e. The number of carbonyl (C=O) groups is 2. The molecule has 1 atom stereocenters. The van der Waals surface area contributed by atoms with E-state index in [1.165, 1.54) is 19.1 Å². The van der Waals surface area contributed by atoms with Crippen molar-refractivity contribution >= 4 is 17.6 Å². The zero-order valence-corrected chi connectivity index (χ0v) is 19.2. The maximum atomic E-state index is 13.1. The van der Waals surface area contributed by atoms with Crippen LogP contribution in [0.2, 0.25) is 0 Å². The summed E-state index contributed by atoms with van der Waals surface area (Å²) in [5.74, 6) is 0.449. The van der Waals surface area contributed by atoms with Gasteiger partial charge in [-0.2, -0.15) is 0 Å². The zero-order chi connectivity index (χ0) is 24.8. The molecule has 0 saturated carbocycles. The number of hydrogen-bond acceptors (Lipinski definition) is 5. The number of anilines is 1. The van der Waals surface area contributed by atoms with Crippen LogP contribution in [0, 0.1) is 5.82 Å². The average Bonchev–Trinajstić information content (AvgIpc) is 3.25. The topological polar surface area (TPSA) is 98.1 Å². The van der Waals surface area contributed by atoms with Crippen LogP contribution >= 0.6 is 0 Å². The lowest BCUT2D eigenvalue weighted by Crippen LogP contribution is -2.44. The molecule has 8 nitrogen and oxygen atoms in total. The number of halogens is 1. The Hall–Kier alpha value is -4.53. The van der Waals surface area contributed by atoms with Gasteiger partial charge in [0.25, 0.3) is 0 Å². The molecule has 4 rings (SSSR count). The van der Waals surface area contributed by atoms with E-state index in [2.05, 4.69) is 20.6 Å². The maximum absolute atomic E-state index is 13.1. The van der Waals surface area contributed by atoms with Gasteiger partial charge in [-0.1, -0.05) is 6.07 Å². The van der Waals surface area contributed by atoms with E-state index < -0.39 is 11.9 Å². The third kappa shape index (κ3) is 6.50. The van der Waals surface area contributed by atoms with Gasteiger partial charge in [-0.15, -0.1) is 0 Å². The van der Waals surface area contributed by atoms with E-state index in [9.17, 15) is 14.0 Å². The van der Waals surface area contributed by atoms with Crippen molar-refractivity contribution in [3.8, 4) is 22.8 Å². The second-order valence-electron chi connectivity index (χ2n) is 7.97. The van der Waals surface area contributed by atoms with Crippen LogP contribution in [-0.4, -0.2) is 32.4 Å². The van der Waals surface area contributed by atoms with Gasteiger partial charge in [-0.3, -0.25) is 9.59 Å². The van der Waals surface area contributed by atoms with Crippen LogP contribution in [0.5, 0.6) is 11.5 Å². The lowest BCUT2D eigenvalue weighted by Gasteiger charge is -2.16. The molecule has 1 unspecified atom stereocenters. The minimum absolute atomic E-state index is 0.251. The summed E-state index contributed by atoms with van der Waals surface area (Å²) in [6.07, 6.45) is 3.69. The van der Waals surface area contributed by atoms with E-state index in [4.69, 9.17) is 4.74 Å². The van der Waals surface area contributed by atoms with Crippen molar-refractivity contribution in [1.82, 2.24) is 19.9 Å². The first kappa shape index (κ1) is 23.6. The van der Waals surface area contributed by atoms with Crippen LogP contribution in [0.4, 0.5) is 10.2 Å². The Kier molecular flexibility index (Phi) is 7.15. The lowest BCUT2D eigenvalue weighted by molar-refractivity contribution is -0.125. The van der Waals surface area contributed by atoms with Crippen LogP contribution < -0.4 is 15.4 Å². The van der Waals surface area contributed by atoms with Crippen LogP contribution in [0.25, 0.3) is 11.3 Å². The first-order valence-corrected chi connectivity index (χ1v) is 10.9. The highest BCUT2D eigenvalue weighted by Gasteiger charge is 2.21. The van der Waals surface area contributed by atoms with Gasteiger partial charge in [-0.25, -0.2) is 14.4 Å². The number of nitrogens with zero attached hydrogens (tertiary/aromatic N) is 3. The van der Waals surface area contributed by atoms with Crippen LogP contribution in [0.3, 0.4) is 0 Å². The highest BCUT2D eigenvalue weighted by molar-refractivity contribution is 5.96. The number of nitrogens with one attached hydrogen (secondary N) is 2. The van der Waals surface area contributed by atoms with Gasteiger partial charge in [0.15, 0.2) is 0 Å². The van der Waals surface area contributed by atoms with E-state index in [0.29, 0.717) is 28.7 Å². The molecule has 0 fully saturated rings. The molecule has 2 amide bonds. The first-order valence-electron chi connectivity index (χ1n) is 10.9. The molecule has 0 aliphatic rings. The maximum Gasteiger partial charge on any atom is 0.248 e. The number of rotatable bonds is 8. The summed E-state index contributed by atoms with van der Waals surface area (Å²) in [6.45, 7) is 1.36. The van der Waals surface area contributed by atoms with Crippen LogP contribution in [0.15, 0.2) is 79.3 Å². The second-order valence-corrected chi connectivity index (χ2v) is 7.97. The summed E-state index contributed by atoms with van der Waals surface area (Å²) in [5, 5.41) is 5.45. The highest BCUT2D eigenvalue weighted by Crippen LogP contribution is 2.26. The van der Waals surface area contributed by atoms with Crippen molar-refractivity contribution in [3.63, 3.8) is 0 Å². The minimum atomic E-state index is -0.796. The van der Waals surface area contributed by atoms with Gasteiger partial charge >= 0.3 is 0 Å². The third-order valence-electron chi connectivity index (χ3n) is 5.07. The fourth-order valence-corrected chi connectivity index (χ4v) is 3.45. The Bertz CT molecular complexity index is 1320. The van der Waals surface area contributed by atoms with E-state index >= 15 is 0 Å². The molecular formula is C26H24FN5O3. The van der Waals surface area contributed by atoms with E-state index in [1.807, 2.05) is 25.2 Å². The number of aromatic nitrogens is 3. The Balaban J connectivity index is 1.45. The summed E-state index contributed by atoms with van der Waals surface area (Å²) in [5.41, 5.74) is 2.16. The van der Waals surface area contributed by atoms with Crippen molar-refractivity contribution in [1.29, 1.82) is 0 Å². The third-order valence-corrected chi connectivity index (χ3v) is 5.07. The molecule has 178 valence electrons. The molecule has 0 saturated heterocycles. The smallest absolute Gasteiger partial charge is 0.248 e. The Morgan fingerprint density at radius 1 is 1.03 bits per heavy atom. The molecule has 2 N–H and O–H groups in total. The standard InChI is InChI=1S/C26H24FN5O3/c1-17(33)29-24(14-20-15-32(2)16-28-20)26(34)31-25-5-3-4-23(30-25)18-6-10-21(11-7-18)35-22-12-8-19(27)9-13-22/h3-13,15-16,24H,14H2,1-2H3,(H,29,33)(H,30,31,34). The van der Waals surface area contributed by atoms with Crippen molar-refractivity contribution in [2.75, 3.05) is 5.32 Å². The molecule has 0 aliphatic heterocycles. The summed E-state index contributed by atoms with van der Waals surface area (Å²) in [6, 6.07) is 17.5. The minimum Gasteiger partial charge on any atom is -0.457 e. The summed E-state index contributed by atoms with van der Waals surface area (Å²) < 4.78 is 20.6. The number of ether oxygens (including phenoxy) is 1. The molecule has 0 spiro atoms. The van der Waals surface area contributed by atoms with Crippen molar-refractivity contribution in [2.24, 2.45) is 7.05 Å². The SMILES string of the molecule is CC(=O)NC(Cc1cn(C)cn1)C(=O)Nc1cccc(-c2ccc(Oc3ccc(F)cc3)cc2)n1. The van der Waals surface area contributed by atoms with E-state index in [0.717, 1.165) is 5.56 Å². The first-order chi connectivity index (χ1) is 16.9. The van der Waals surface area contributed by atoms with Crippen LogP contribution in [-0.2, 0) is 23.1 Å². The van der Waals surface area contributed by atoms with Crippen molar-refractivity contribution in [3.05, 3.63) is 90.8 Å². The number of pyridine rings is 1. The predicted molar refractivity (Wildman–Crippen MR) is 129 cm³/mol. The molecular weight excluding hydrogens is 449 g/mol. The van der Waals surface area contributed by atoms with E-state index in [-0.39, 0.29) is 18.1 Å². The molecule has 9 heteroatoms. The summed E-state index contributed by atoms with van der Waals surface area (Å²) in [7, 11) is 1.83. The number of amides is 2. The molecule has 2 heterocycles. The van der Waals surface area contributed by atoms with Gasteiger partial charge in [0.1, 0.15) is 29.2 Å². The zero-order valence-electron chi connectivity index (χ0n) is 19.2. The molecule has 2 aromatic heterocycles. The van der Waals surface area contributed by atoms with Crippen molar-refractivity contribution < 1.29 is 18.7 Å². The van der Waals surface area contributed by atoms with Gasteiger partial charge in [0.05, 0.1) is 17.7 Å². The predicted octanol–water partition coefficient (Wildman–Crippen LogP) is 4.10. The Morgan fingerprint density at radius 3 is 2.34 bits per heavy atom.